The summed E-state index contributed by atoms with van der Waals surface area (Å²) in [5, 5.41) is 0. The van der Waals surface area contributed by atoms with E-state index in [-0.39, 0.29) is 0 Å². The van der Waals surface area contributed by atoms with E-state index in [0.29, 0.717) is 18.5 Å². The van der Waals surface area contributed by atoms with Crippen LogP contribution in [0.5, 0.6) is 0 Å². The summed E-state index contributed by atoms with van der Waals surface area (Å²) in [7, 11) is 0. The molecule has 4 nitrogen and oxygen atoms in total. The van der Waals surface area contributed by atoms with E-state index in [2.05, 4.69) is 16.8 Å². The highest BCUT2D eigenvalue weighted by Gasteiger charge is 2.18. The molecule has 1 aliphatic rings. The second-order valence-corrected chi connectivity index (χ2v) is 4.54. The molecule has 0 unspecified atom stereocenters. The topological polar surface area (TPSA) is 51.4 Å². The van der Waals surface area contributed by atoms with E-state index in [1.165, 1.54) is 0 Å². The van der Waals surface area contributed by atoms with E-state index < -0.39 is 0 Å². The average Bonchev–Trinajstić information content (AvgIpc) is 2.39. The van der Waals surface area contributed by atoms with Crippen LogP contribution in [-0.2, 0) is 11.3 Å². The predicted octanol–water partition coefficient (Wildman–Crippen LogP) is 1.66. The van der Waals surface area contributed by atoms with Crippen molar-refractivity contribution in [1.82, 2.24) is 9.88 Å². The average molecular weight is 235 g/mol. The fraction of sp³-hybridized carbons (Fsp3) is 0.615. The molecule has 1 fully saturated rings. The second kappa shape index (κ2) is 5.98. The number of pyridine rings is 1. The Labute approximate surface area is 103 Å². The van der Waals surface area contributed by atoms with E-state index in [0.717, 1.165) is 38.0 Å². The molecule has 2 N–H and O–H groups in total. The van der Waals surface area contributed by atoms with Crippen LogP contribution in [0.4, 0.5) is 5.82 Å². The second-order valence-electron chi connectivity index (χ2n) is 4.54. The first kappa shape index (κ1) is 12.3. The molecule has 2 heterocycles. The van der Waals surface area contributed by atoms with Crippen LogP contribution in [-0.4, -0.2) is 35.6 Å². The summed E-state index contributed by atoms with van der Waals surface area (Å²) in [5.74, 6) is 0.560. The van der Waals surface area contributed by atoms with Gasteiger partial charge in [-0.15, -0.1) is 0 Å². The SMILES string of the molecule is CCN1CCC(OCc2ccc(N)nc2)CC1. The molecule has 2 rings (SSSR count). The molecule has 1 aromatic rings. The zero-order valence-corrected chi connectivity index (χ0v) is 10.4. The predicted molar refractivity (Wildman–Crippen MR) is 68.6 cm³/mol. The number of hydrogen-bond acceptors (Lipinski definition) is 4. The van der Waals surface area contributed by atoms with Crippen LogP contribution >= 0.6 is 0 Å². The van der Waals surface area contributed by atoms with Gasteiger partial charge in [0.25, 0.3) is 0 Å². The Bertz CT molecular complexity index is 331. The Kier molecular flexibility index (Phi) is 4.34. The Morgan fingerprint density at radius 2 is 2.18 bits per heavy atom. The summed E-state index contributed by atoms with van der Waals surface area (Å²) in [6.07, 6.45) is 4.46. The molecule has 0 aliphatic carbocycles. The number of hydrogen-bond donors (Lipinski definition) is 1. The van der Waals surface area contributed by atoms with Crippen molar-refractivity contribution in [3.63, 3.8) is 0 Å². The van der Waals surface area contributed by atoms with Crippen molar-refractivity contribution in [2.45, 2.75) is 32.5 Å². The van der Waals surface area contributed by atoms with Gasteiger partial charge in [-0.2, -0.15) is 0 Å². The van der Waals surface area contributed by atoms with Crippen molar-refractivity contribution in [3.05, 3.63) is 23.9 Å². The Balaban J connectivity index is 1.74. The number of rotatable bonds is 4. The molecule has 0 bridgehead atoms. The third kappa shape index (κ3) is 3.68. The van der Waals surface area contributed by atoms with E-state index in [4.69, 9.17) is 10.5 Å². The molecule has 0 atom stereocenters. The van der Waals surface area contributed by atoms with Crippen molar-refractivity contribution in [2.24, 2.45) is 0 Å². The van der Waals surface area contributed by atoms with Gasteiger partial charge in [0.15, 0.2) is 0 Å². The van der Waals surface area contributed by atoms with E-state index in [1.54, 1.807) is 6.20 Å². The molecule has 1 aliphatic heterocycles. The lowest BCUT2D eigenvalue weighted by Gasteiger charge is -2.30. The molecule has 94 valence electrons. The van der Waals surface area contributed by atoms with Crippen molar-refractivity contribution in [3.8, 4) is 0 Å². The van der Waals surface area contributed by atoms with Gasteiger partial charge in [0, 0.05) is 19.3 Å². The van der Waals surface area contributed by atoms with Crippen molar-refractivity contribution >= 4 is 5.82 Å². The van der Waals surface area contributed by atoms with Gasteiger partial charge in [0.1, 0.15) is 5.82 Å². The van der Waals surface area contributed by atoms with Gasteiger partial charge >= 0.3 is 0 Å². The van der Waals surface area contributed by atoms with Crippen molar-refractivity contribution in [2.75, 3.05) is 25.4 Å². The summed E-state index contributed by atoms with van der Waals surface area (Å²) < 4.78 is 5.89. The van der Waals surface area contributed by atoms with Crippen molar-refractivity contribution < 1.29 is 4.74 Å². The maximum atomic E-state index is 5.89. The maximum absolute atomic E-state index is 5.89. The quantitative estimate of drug-likeness (QED) is 0.862. The maximum Gasteiger partial charge on any atom is 0.123 e. The van der Waals surface area contributed by atoms with Crippen LogP contribution in [0, 0.1) is 0 Å². The smallest absolute Gasteiger partial charge is 0.123 e. The van der Waals surface area contributed by atoms with Gasteiger partial charge in [-0.1, -0.05) is 13.0 Å². The summed E-state index contributed by atoms with van der Waals surface area (Å²) in [5.41, 5.74) is 6.63. The number of likely N-dealkylation sites (tertiary alicyclic amines) is 1. The molecule has 17 heavy (non-hydrogen) atoms. The third-order valence-corrected chi connectivity index (χ3v) is 3.32. The van der Waals surface area contributed by atoms with Gasteiger partial charge in [-0.3, -0.25) is 0 Å². The minimum absolute atomic E-state index is 0.398. The minimum atomic E-state index is 0.398. The molecule has 0 radical (unpaired) electrons. The number of anilines is 1. The van der Waals surface area contributed by atoms with E-state index in [1.807, 2.05) is 12.1 Å². The largest absolute Gasteiger partial charge is 0.384 e. The van der Waals surface area contributed by atoms with Crippen LogP contribution in [0.25, 0.3) is 0 Å². The molecular formula is C13H21N3O. The van der Waals surface area contributed by atoms with Crippen molar-refractivity contribution in [1.29, 1.82) is 0 Å². The number of nitrogens with two attached hydrogens (primary N) is 1. The highest BCUT2D eigenvalue weighted by molar-refractivity contribution is 5.28. The first-order valence-electron chi connectivity index (χ1n) is 6.32. The summed E-state index contributed by atoms with van der Waals surface area (Å²) in [6, 6.07) is 3.79. The third-order valence-electron chi connectivity index (χ3n) is 3.32. The molecule has 1 aromatic heterocycles. The fourth-order valence-electron chi connectivity index (χ4n) is 2.13. The van der Waals surface area contributed by atoms with Gasteiger partial charge in [-0.05, 0) is 31.0 Å². The van der Waals surface area contributed by atoms with Crippen LogP contribution < -0.4 is 5.73 Å². The molecule has 0 amide bonds. The fourth-order valence-corrected chi connectivity index (χ4v) is 2.13. The lowest BCUT2D eigenvalue weighted by molar-refractivity contribution is -0.00153. The minimum Gasteiger partial charge on any atom is -0.384 e. The zero-order valence-electron chi connectivity index (χ0n) is 10.4. The summed E-state index contributed by atoms with van der Waals surface area (Å²) >= 11 is 0. The molecule has 4 heteroatoms. The lowest BCUT2D eigenvalue weighted by Crippen LogP contribution is -2.36. The molecule has 1 saturated heterocycles. The Morgan fingerprint density at radius 1 is 1.41 bits per heavy atom. The number of ether oxygens (including phenoxy) is 1. The van der Waals surface area contributed by atoms with E-state index in [9.17, 15) is 0 Å². The van der Waals surface area contributed by atoms with Crippen LogP contribution in [0.3, 0.4) is 0 Å². The Morgan fingerprint density at radius 3 is 2.76 bits per heavy atom. The van der Waals surface area contributed by atoms with Gasteiger partial charge < -0.3 is 15.4 Å². The monoisotopic (exact) mass is 235 g/mol. The summed E-state index contributed by atoms with van der Waals surface area (Å²) in [4.78, 5) is 6.52. The highest BCUT2D eigenvalue weighted by Crippen LogP contribution is 2.15. The van der Waals surface area contributed by atoms with Gasteiger partial charge in [0.05, 0.1) is 12.7 Å². The van der Waals surface area contributed by atoms with Gasteiger partial charge in [0.2, 0.25) is 0 Å². The molecule has 0 spiro atoms. The highest BCUT2D eigenvalue weighted by atomic mass is 16.5. The number of aromatic nitrogens is 1. The van der Waals surface area contributed by atoms with E-state index >= 15 is 0 Å². The zero-order chi connectivity index (χ0) is 12.1. The van der Waals surface area contributed by atoms with Crippen LogP contribution in [0.1, 0.15) is 25.3 Å². The summed E-state index contributed by atoms with van der Waals surface area (Å²) in [6.45, 7) is 6.31. The molecule has 0 aromatic carbocycles. The molecular weight excluding hydrogens is 214 g/mol. The Hall–Kier alpha value is -1.13. The number of nitrogen functional groups attached to an aromatic ring is 1. The first-order valence-corrected chi connectivity index (χ1v) is 6.32. The number of piperidine rings is 1. The standard InChI is InChI=1S/C13H21N3O/c1-2-16-7-5-12(6-8-16)17-10-11-3-4-13(14)15-9-11/h3-4,9,12H,2,5-8,10H2,1H3,(H2,14,15). The number of nitrogens with zero attached hydrogens (tertiary/aromatic N) is 2. The normalized spacial score (nSPS) is 18.4. The van der Waals surface area contributed by atoms with Crippen LogP contribution in [0.15, 0.2) is 18.3 Å². The van der Waals surface area contributed by atoms with Crippen LogP contribution in [0.2, 0.25) is 0 Å². The lowest BCUT2D eigenvalue weighted by atomic mass is 10.1. The molecule has 0 saturated carbocycles. The van der Waals surface area contributed by atoms with Gasteiger partial charge in [-0.25, -0.2) is 4.98 Å². The first-order chi connectivity index (χ1) is 8.28.